The maximum Gasteiger partial charge on any atom is 0.241 e. The molecule has 1 aliphatic heterocycles. The third kappa shape index (κ3) is 5.96. The van der Waals surface area contributed by atoms with Gasteiger partial charge in [0.15, 0.2) is 0 Å². The lowest BCUT2D eigenvalue weighted by atomic mass is 10.2. The van der Waals surface area contributed by atoms with E-state index < -0.39 is 10.8 Å². The third-order valence-electron chi connectivity index (χ3n) is 4.07. The summed E-state index contributed by atoms with van der Waals surface area (Å²) in [6.45, 7) is 0.899. The molecular formula is C19H23ClN2O2S. The van der Waals surface area contributed by atoms with E-state index in [0.29, 0.717) is 11.5 Å². The first kappa shape index (κ1) is 19.6. The van der Waals surface area contributed by atoms with Crippen molar-refractivity contribution in [1.82, 2.24) is 5.32 Å². The van der Waals surface area contributed by atoms with Gasteiger partial charge in [0.05, 0.1) is 6.04 Å². The first-order valence-electron chi connectivity index (χ1n) is 8.23. The van der Waals surface area contributed by atoms with Crippen molar-refractivity contribution in [3.05, 3.63) is 65.7 Å². The minimum atomic E-state index is -0.970. The number of carbonyl (C=O) groups is 1. The number of nitrogens with one attached hydrogen (secondary N) is 2. The fourth-order valence-corrected chi connectivity index (χ4v) is 4.09. The minimum absolute atomic E-state index is 0. The molecule has 4 nitrogen and oxygen atoms in total. The van der Waals surface area contributed by atoms with Gasteiger partial charge in [-0.05, 0) is 42.6 Å². The Labute approximate surface area is 157 Å². The Morgan fingerprint density at radius 2 is 1.80 bits per heavy atom. The summed E-state index contributed by atoms with van der Waals surface area (Å²) in [4.78, 5) is 12.2. The van der Waals surface area contributed by atoms with Crippen LogP contribution >= 0.6 is 12.4 Å². The van der Waals surface area contributed by atoms with Gasteiger partial charge >= 0.3 is 0 Å². The summed E-state index contributed by atoms with van der Waals surface area (Å²) < 4.78 is 12.3. The van der Waals surface area contributed by atoms with Gasteiger partial charge in [-0.25, -0.2) is 0 Å². The van der Waals surface area contributed by atoms with E-state index in [1.165, 1.54) is 0 Å². The molecule has 0 aromatic heterocycles. The van der Waals surface area contributed by atoms with Crippen LogP contribution in [0.2, 0.25) is 0 Å². The number of hydrogen-bond donors (Lipinski definition) is 2. The molecule has 2 unspecified atom stereocenters. The van der Waals surface area contributed by atoms with Gasteiger partial charge < -0.3 is 10.6 Å². The Kier molecular flexibility index (Phi) is 7.62. The molecule has 2 N–H and O–H groups in total. The van der Waals surface area contributed by atoms with Crippen LogP contribution in [0.15, 0.2) is 54.6 Å². The van der Waals surface area contributed by atoms with Gasteiger partial charge in [0, 0.05) is 28.0 Å². The highest BCUT2D eigenvalue weighted by Gasteiger charge is 2.21. The van der Waals surface area contributed by atoms with Crippen molar-refractivity contribution in [1.29, 1.82) is 0 Å². The minimum Gasteiger partial charge on any atom is -0.325 e. The molecule has 0 saturated carbocycles. The fraction of sp³-hybridized carbons (Fsp3) is 0.316. The summed E-state index contributed by atoms with van der Waals surface area (Å²) in [6.07, 6.45) is 1.92. The van der Waals surface area contributed by atoms with Crippen molar-refractivity contribution in [3.63, 3.8) is 0 Å². The largest absolute Gasteiger partial charge is 0.325 e. The van der Waals surface area contributed by atoms with Crippen LogP contribution in [0.3, 0.4) is 0 Å². The Morgan fingerprint density at radius 1 is 1.08 bits per heavy atom. The lowest BCUT2D eigenvalue weighted by Gasteiger charge is -2.12. The molecule has 0 spiro atoms. The molecule has 2 atom stereocenters. The Bertz CT molecular complexity index is 718. The highest BCUT2D eigenvalue weighted by Crippen LogP contribution is 2.16. The van der Waals surface area contributed by atoms with Crippen molar-refractivity contribution in [2.24, 2.45) is 0 Å². The average molecular weight is 379 g/mol. The van der Waals surface area contributed by atoms with Gasteiger partial charge in [-0.2, -0.15) is 0 Å². The summed E-state index contributed by atoms with van der Waals surface area (Å²) in [6, 6.07) is 17.4. The molecule has 1 amide bonds. The average Bonchev–Trinajstić information content (AvgIpc) is 3.10. The SMILES string of the molecule is Cl.O=C(Nc1cccc(CS(=O)Cc2ccccc2)c1)C1CCCN1. The van der Waals surface area contributed by atoms with E-state index in [1.807, 2.05) is 54.6 Å². The number of rotatable bonds is 6. The Morgan fingerprint density at radius 3 is 2.52 bits per heavy atom. The van der Waals surface area contributed by atoms with Crippen LogP contribution < -0.4 is 10.6 Å². The van der Waals surface area contributed by atoms with Gasteiger partial charge in [0.1, 0.15) is 0 Å². The molecule has 0 radical (unpaired) electrons. The van der Waals surface area contributed by atoms with E-state index in [4.69, 9.17) is 0 Å². The van der Waals surface area contributed by atoms with E-state index in [0.717, 1.165) is 36.2 Å². The second kappa shape index (κ2) is 9.70. The monoisotopic (exact) mass is 378 g/mol. The van der Waals surface area contributed by atoms with Gasteiger partial charge in [-0.1, -0.05) is 42.5 Å². The summed E-state index contributed by atoms with van der Waals surface area (Å²) in [5.74, 6) is 1.04. The third-order valence-corrected chi connectivity index (χ3v) is 5.38. The normalized spacial score (nSPS) is 17.5. The summed E-state index contributed by atoms with van der Waals surface area (Å²) in [5.41, 5.74) is 2.82. The standard InChI is InChI=1S/C19H22N2O2S.ClH/c22-19(18-10-5-11-20-18)21-17-9-4-8-16(12-17)14-24(23)13-15-6-2-1-3-7-15;/h1-4,6-9,12,18,20H,5,10-11,13-14H2,(H,21,22);1H. The van der Waals surface area contributed by atoms with Crippen molar-refractivity contribution in [2.75, 3.05) is 11.9 Å². The molecule has 1 aliphatic rings. The fourth-order valence-electron chi connectivity index (χ4n) is 2.87. The molecule has 3 rings (SSSR count). The van der Waals surface area contributed by atoms with E-state index in [9.17, 15) is 9.00 Å². The molecule has 2 aromatic carbocycles. The molecule has 6 heteroatoms. The Hall–Kier alpha value is -1.69. The second-order valence-electron chi connectivity index (χ2n) is 6.05. The number of anilines is 1. The van der Waals surface area contributed by atoms with E-state index in [1.54, 1.807) is 0 Å². The topological polar surface area (TPSA) is 58.2 Å². The molecule has 2 aromatic rings. The number of amides is 1. The number of hydrogen-bond acceptors (Lipinski definition) is 3. The summed E-state index contributed by atoms with van der Waals surface area (Å²) in [5, 5.41) is 6.14. The van der Waals surface area contributed by atoms with Crippen molar-refractivity contribution >= 4 is 34.8 Å². The smallest absolute Gasteiger partial charge is 0.241 e. The first-order chi connectivity index (χ1) is 11.7. The lowest BCUT2D eigenvalue weighted by molar-refractivity contribution is -0.117. The zero-order valence-electron chi connectivity index (χ0n) is 13.9. The zero-order chi connectivity index (χ0) is 16.8. The van der Waals surface area contributed by atoms with E-state index >= 15 is 0 Å². The highest BCUT2D eigenvalue weighted by molar-refractivity contribution is 7.83. The van der Waals surface area contributed by atoms with Crippen molar-refractivity contribution < 1.29 is 9.00 Å². The maximum absolute atomic E-state index is 12.3. The van der Waals surface area contributed by atoms with Gasteiger partial charge in [-0.3, -0.25) is 9.00 Å². The summed E-state index contributed by atoms with van der Waals surface area (Å²) >= 11 is 0. The Balaban J connectivity index is 0.00000225. The number of halogens is 1. The molecule has 1 heterocycles. The molecule has 0 aliphatic carbocycles. The molecule has 1 saturated heterocycles. The summed E-state index contributed by atoms with van der Waals surface area (Å²) in [7, 11) is -0.970. The van der Waals surface area contributed by atoms with Crippen LogP contribution in [0.1, 0.15) is 24.0 Å². The van der Waals surface area contributed by atoms with E-state index in [2.05, 4.69) is 10.6 Å². The first-order valence-corrected chi connectivity index (χ1v) is 9.71. The second-order valence-corrected chi connectivity index (χ2v) is 7.51. The van der Waals surface area contributed by atoms with Gasteiger partial charge in [-0.15, -0.1) is 12.4 Å². The van der Waals surface area contributed by atoms with Gasteiger partial charge in [0.25, 0.3) is 0 Å². The number of carbonyl (C=O) groups excluding carboxylic acids is 1. The van der Waals surface area contributed by atoms with Crippen molar-refractivity contribution in [3.8, 4) is 0 Å². The van der Waals surface area contributed by atoms with Crippen LogP contribution in [0.25, 0.3) is 0 Å². The van der Waals surface area contributed by atoms with Crippen LogP contribution in [-0.4, -0.2) is 22.7 Å². The predicted molar refractivity (Wildman–Crippen MR) is 105 cm³/mol. The number of benzene rings is 2. The maximum atomic E-state index is 12.3. The van der Waals surface area contributed by atoms with Crippen LogP contribution in [0.5, 0.6) is 0 Å². The molecule has 1 fully saturated rings. The zero-order valence-corrected chi connectivity index (χ0v) is 15.6. The molecule has 0 bridgehead atoms. The van der Waals surface area contributed by atoms with Crippen LogP contribution in [0, 0.1) is 0 Å². The highest BCUT2D eigenvalue weighted by atomic mass is 35.5. The quantitative estimate of drug-likeness (QED) is 0.811. The van der Waals surface area contributed by atoms with Crippen LogP contribution in [-0.2, 0) is 27.1 Å². The predicted octanol–water partition coefficient (Wildman–Crippen LogP) is 3.25. The molecule has 134 valence electrons. The van der Waals surface area contributed by atoms with Gasteiger partial charge in [0.2, 0.25) is 5.91 Å². The molecular weight excluding hydrogens is 356 g/mol. The lowest BCUT2D eigenvalue weighted by Crippen LogP contribution is -2.35. The van der Waals surface area contributed by atoms with Crippen LogP contribution in [0.4, 0.5) is 5.69 Å². The molecule has 25 heavy (non-hydrogen) atoms. The van der Waals surface area contributed by atoms with Crippen molar-refractivity contribution in [2.45, 2.75) is 30.4 Å². The van der Waals surface area contributed by atoms with E-state index in [-0.39, 0.29) is 24.4 Å².